The van der Waals surface area contributed by atoms with Gasteiger partial charge in [-0.05, 0) is 40.6 Å². The Hall–Kier alpha value is -1.35. The molecule has 0 amide bonds. The van der Waals surface area contributed by atoms with Gasteiger partial charge < -0.3 is 0 Å². The first-order valence-corrected chi connectivity index (χ1v) is 7.72. The van der Waals surface area contributed by atoms with Gasteiger partial charge in [0, 0.05) is 26.7 Å². The highest BCUT2D eigenvalue weighted by atomic mass is 35.5. The number of fused-ring (bicyclic) bond motifs is 1. The Morgan fingerprint density at radius 1 is 1.00 bits per heavy atom. The molecule has 0 spiro atoms. The summed E-state index contributed by atoms with van der Waals surface area (Å²) >= 11 is 13.8. The van der Waals surface area contributed by atoms with Crippen molar-refractivity contribution in [2.24, 2.45) is 0 Å². The molecule has 0 aliphatic rings. The van der Waals surface area contributed by atoms with E-state index in [1.165, 1.54) is 0 Å². The van der Waals surface area contributed by atoms with Gasteiger partial charge >= 0.3 is 0 Å². The maximum atomic E-state index is 12.5. The fourth-order valence-electron chi connectivity index (χ4n) is 2.17. The van der Waals surface area contributed by atoms with Crippen LogP contribution in [0.5, 0.6) is 0 Å². The minimum Gasteiger partial charge on any atom is -0.294 e. The molecule has 0 aliphatic heterocycles. The third-order valence-electron chi connectivity index (χ3n) is 3.18. The molecule has 0 N–H and O–H groups in total. The number of benzene rings is 2. The van der Waals surface area contributed by atoms with E-state index in [1.807, 2.05) is 29.6 Å². The molecule has 0 aliphatic carbocycles. The minimum atomic E-state index is 0.0352. The van der Waals surface area contributed by atoms with Crippen molar-refractivity contribution in [3.05, 3.63) is 69.0 Å². The van der Waals surface area contributed by atoms with Crippen molar-refractivity contribution in [1.82, 2.24) is 0 Å². The van der Waals surface area contributed by atoms with Crippen LogP contribution in [0.25, 0.3) is 10.1 Å². The lowest BCUT2D eigenvalue weighted by Gasteiger charge is -2.07. The highest BCUT2D eigenvalue weighted by Gasteiger charge is 2.15. The van der Waals surface area contributed by atoms with Crippen molar-refractivity contribution in [2.45, 2.75) is 6.42 Å². The Labute approximate surface area is 130 Å². The van der Waals surface area contributed by atoms with Gasteiger partial charge in [-0.25, -0.2) is 0 Å². The quantitative estimate of drug-likeness (QED) is 0.571. The van der Waals surface area contributed by atoms with Gasteiger partial charge in [-0.1, -0.05) is 41.4 Å². The summed E-state index contributed by atoms with van der Waals surface area (Å²) in [6, 6.07) is 13.1. The molecule has 0 fully saturated rings. The lowest BCUT2D eigenvalue weighted by atomic mass is 10.0. The van der Waals surface area contributed by atoms with Crippen LogP contribution in [-0.2, 0) is 6.42 Å². The molecule has 3 aromatic rings. The van der Waals surface area contributed by atoms with Crippen LogP contribution < -0.4 is 0 Å². The Morgan fingerprint density at radius 3 is 2.45 bits per heavy atom. The Morgan fingerprint density at radius 2 is 1.70 bits per heavy atom. The average molecular weight is 321 g/mol. The number of thiophene rings is 1. The molecule has 3 rings (SSSR count). The predicted molar refractivity (Wildman–Crippen MR) is 86.3 cm³/mol. The van der Waals surface area contributed by atoms with Gasteiger partial charge in [-0.15, -0.1) is 11.3 Å². The average Bonchev–Trinajstić information content (AvgIpc) is 2.91. The van der Waals surface area contributed by atoms with E-state index in [9.17, 15) is 4.79 Å². The molecule has 0 atom stereocenters. The highest BCUT2D eigenvalue weighted by Crippen LogP contribution is 2.29. The largest absolute Gasteiger partial charge is 0.294 e. The number of hydrogen-bond donors (Lipinski definition) is 0. The second-order valence-corrected chi connectivity index (χ2v) is 6.18. The molecule has 20 heavy (non-hydrogen) atoms. The van der Waals surface area contributed by atoms with Gasteiger partial charge in [0.2, 0.25) is 0 Å². The zero-order valence-electron chi connectivity index (χ0n) is 10.4. The maximum Gasteiger partial charge on any atom is 0.168 e. The monoisotopic (exact) mass is 320 g/mol. The van der Waals surface area contributed by atoms with Crippen molar-refractivity contribution in [3.63, 3.8) is 0 Å². The van der Waals surface area contributed by atoms with Gasteiger partial charge in [-0.3, -0.25) is 4.79 Å². The third kappa shape index (κ3) is 2.47. The standard InChI is InChI=1S/C16H10Cl2OS/c17-13-5-2-6-14(18)12(13)9-15(19)11-4-1-3-10-7-8-20-16(10)11/h1-8H,9H2. The van der Waals surface area contributed by atoms with Crippen LogP contribution in [0.1, 0.15) is 15.9 Å². The van der Waals surface area contributed by atoms with Crippen molar-refractivity contribution in [3.8, 4) is 0 Å². The van der Waals surface area contributed by atoms with E-state index in [0.717, 1.165) is 15.6 Å². The van der Waals surface area contributed by atoms with Crippen molar-refractivity contribution in [1.29, 1.82) is 0 Å². The van der Waals surface area contributed by atoms with Crippen LogP contribution in [0.15, 0.2) is 47.8 Å². The normalized spacial score (nSPS) is 10.9. The summed E-state index contributed by atoms with van der Waals surface area (Å²) in [5.74, 6) is 0.0352. The first kappa shape index (κ1) is 13.6. The molecular formula is C16H10Cl2OS. The topological polar surface area (TPSA) is 17.1 Å². The van der Waals surface area contributed by atoms with Crippen molar-refractivity contribution in [2.75, 3.05) is 0 Å². The molecule has 0 saturated carbocycles. The zero-order valence-corrected chi connectivity index (χ0v) is 12.7. The number of carbonyl (C=O) groups is 1. The molecule has 1 heterocycles. The second kappa shape index (κ2) is 5.57. The molecule has 0 radical (unpaired) electrons. The van der Waals surface area contributed by atoms with E-state index in [1.54, 1.807) is 29.5 Å². The van der Waals surface area contributed by atoms with Crippen LogP contribution in [0.4, 0.5) is 0 Å². The fraction of sp³-hybridized carbons (Fsp3) is 0.0625. The summed E-state index contributed by atoms with van der Waals surface area (Å²) in [4.78, 5) is 12.5. The van der Waals surface area contributed by atoms with Crippen LogP contribution in [0.3, 0.4) is 0 Å². The summed E-state index contributed by atoms with van der Waals surface area (Å²) in [5, 5.41) is 4.14. The molecule has 0 bridgehead atoms. The predicted octanol–water partition coefficient (Wildman–Crippen LogP) is 5.63. The van der Waals surface area contributed by atoms with Gasteiger partial charge in [0.05, 0.1) is 0 Å². The first-order valence-electron chi connectivity index (χ1n) is 6.09. The molecule has 4 heteroatoms. The van der Waals surface area contributed by atoms with Gasteiger partial charge in [0.1, 0.15) is 0 Å². The number of carbonyl (C=O) groups excluding carboxylic acids is 1. The van der Waals surface area contributed by atoms with E-state index >= 15 is 0 Å². The second-order valence-electron chi connectivity index (χ2n) is 4.44. The SMILES string of the molecule is O=C(Cc1c(Cl)cccc1Cl)c1cccc2ccsc12. The lowest BCUT2D eigenvalue weighted by Crippen LogP contribution is -2.04. The summed E-state index contributed by atoms with van der Waals surface area (Å²) in [6.45, 7) is 0. The van der Waals surface area contributed by atoms with Gasteiger partial charge in [0.15, 0.2) is 5.78 Å². The number of Topliss-reactive ketones (excluding diaryl/α,β-unsaturated/α-hetero) is 1. The molecule has 1 nitrogen and oxygen atoms in total. The molecule has 1 aromatic heterocycles. The zero-order chi connectivity index (χ0) is 14.1. The van der Waals surface area contributed by atoms with Crippen molar-refractivity contribution >= 4 is 50.4 Å². The fourth-order valence-corrected chi connectivity index (χ4v) is 3.63. The molecule has 100 valence electrons. The summed E-state index contributed by atoms with van der Waals surface area (Å²) < 4.78 is 1.01. The smallest absolute Gasteiger partial charge is 0.168 e. The van der Waals surface area contributed by atoms with Crippen LogP contribution >= 0.6 is 34.5 Å². The molecule has 2 aromatic carbocycles. The summed E-state index contributed by atoms with van der Waals surface area (Å²) in [6.07, 6.45) is 0.218. The van der Waals surface area contributed by atoms with E-state index in [4.69, 9.17) is 23.2 Å². The van der Waals surface area contributed by atoms with E-state index in [0.29, 0.717) is 15.6 Å². The van der Waals surface area contributed by atoms with Gasteiger partial charge in [-0.2, -0.15) is 0 Å². The Bertz CT molecular complexity index is 772. The molecular weight excluding hydrogens is 311 g/mol. The first-order chi connectivity index (χ1) is 9.66. The van der Waals surface area contributed by atoms with E-state index in [-0.39, 0.29) is 12.2 Å². The van der Waals surface area contributed by atoms with E-state index in [2.05, 4.69) is 0 Å². The number of rotatable bonds is 3. The highest BCUT2D eigenvalue weighted by molar-refractivity contribution is 7.17. The molecule has 0 unspecified atom stereocenters. The number of halogens is 2. The maximum absolute atomic E-state index is 12.5. The molecule has 0 saturated heterocycles. The lowest BCUT2D eigenvalue weighted by molar-refractivity contribution is 0.0994. The van der Waals surface area contributed by atoms with Gasteiger partial charge in [0.25, 0.3) is 0 Å². The summed E-state index contributed by atoms with van der Waals surface area (Å²) in [7, 11) is 0. The van der Waals surface area contributed by atoms with E-state index < -0.39 is 0 Å². The van der Waals surface area contributed by atoms with Crippen LogP contribution in [-0.4, -0.2) is 5.78 Å². The van der Waals surface area contributed by atoms with Crippen LogP contribution in [0, 0.1) is 0 Å². The summed E-state index contributed by atoms with van der Waals surface area (Å²) in [5.41, 5.74) is 1.42. The minimum absolute atomic E-state index is 0.0352. The third-order valence-corrected chi connectivity index (χ3v) is 4.85. The van der Waals surface area contributed by atoms with Crippen molar-refractivity contribution < 1.29 is 4.79 Å². The Kier molecular flexibility index (Phi) is 3.79. The Balaban J connectivity index is 2.00. The number of hydrogen-bond acceptors (Lipinski definition) is 2. The number of ketones is 1. The van der Waals surface area contributed by atoms with Crippen LogP contribution in [0.2, 0.25) is 10.0 Å².